The van der Waals surface area contributed by atoms with Crippen LogP contribution in [0.5, 0.6) is 5.75 Å². The normalized spacial score (nSPS) is 10.3. The molecule has 0 atom stereocenters. The molecule has 0 spiro atoms. The topological polar surface area (TPSA) is 61.5 Å². The van der Waals surface area contributed by atoms with Crippen molar-refractivity contribution < 1.29 is 18.7 Å². The molecule has 0 aliphatic heterocycles. The van der Waals surface area contributed by atoms with Gasteiger partial charge in [0.1, 0.15) is 18.2 Å². The summed E-state index contributed by atoms with van der Waals surface area (Å²) >= 11 is 0. The number of hydrogen-bond acceptors (Lipinski definition) is 4. The van der Waals surface area contributed by atoms with E-state index in [1.165, 1.54) is 18.2 Å². The number of carbonyl (C=O) groups is 1. The molecule has 5 heteroatoms. The quantitative estimate of drug-likeness (QED) is 0.655. The summed E-state index contributed by atoms with van der Waals surface area (Å²) < 4.78 is 23.4. The maximum Gasteiger partial charge on any atom is 0.338 e. The Hall–Kier alpha value is -2.56. The van der Waals surface area contributed by atoms with E-state index in [2.05, 4.69) is 0 Å². The van der Waals surface area contributed by atoms with E-state index >= 15 is 0 Å². The molecule has 2 rings (SSSR count). The van der Waals surface area contributed by atoms with E-state index in [9.17, 15) is 9.18 Å². The standard InChI is InChI=1S/C17H18FNO3/c1-2-9-21-17(20)13-5-8-16(15(19)10-13)22-11-12-3-6-14(18)7-4-12/h3-8,10H,2,9,11,19H2,1H3. The van der Waals surface area contributed by atoms with Crippen molar-refractivity contribution in [1.82, 2.24) is 0 Å². The fourth-order valence-electron chi connectivity index (χ4n) is 1.83. The lowest BCUT2D eigenvalue weighted by atomic mass is 10.2. The van der Waals surface area contributed by atoms with Crippen LogP contribution in [0.15, 0.2) is 42.5 Å². The molecule has 0 aliphatic carbocycles. The number of benzene rings is 2. The molecular weight excluding hydrogens is 285 g/mol. The van der Waals surface area contributed by atoms with Crippen molar-refractivity contribution in [2.45, 2.75) is 20.0 Å². The van der Waals surface area contributed by atoms with Gasteiger partial charge < -0.3 is 15.2 Å². The summed E-state index contributed by atoms with van der Waals surface area (Å²) in [6, 6.07) is 10.8. The van der Waals surface area contributed by atoms with E-state index < -0.39 is 5.97 Å². The van der Waals surface area contributed by atoms with Crippen LogP contribution in [0, 0.1) is 5.82 Å². The first kappa shape index (κ1) is 15.8. The van der Waals surface area contributed by atoms with Gasteiger partial charge in [-0.25, -0.2) is 9.18 Å². The highest BCUT2D eigenvalue weighted by molar-refractivity contribution is 5.91. The minimum atomic E-state index is -0.404. The monoisotopic (exact) mass is 303 g/mol. The van der Waals surface area contributed by atoms with Crippen molar-refractivity contribution in [3.8, 4) is 5.75 Å². The van der Waals surface area contributed by atoms with E-state index in [1.807, 2.05) is 6.92 Å². The third-order valence-electron chi connectivity index (χ3n) is 2.99. The maximum absolute atomic E-state index is 12.8. The van der Waals surface area contributed by atoms with Crippen LogP contribution in [0.1, 0.15) is 29.3 Å². The van der Waals surface area contributed by atoms with E-state index in [0.717, 1.165) is 12.0 Å². The van der Waals surface area contributed by atoms with Crippen molar-refractivity contribution in [2.24, 2.45) is 0 Å². The van der Waals surface area contributed by atoms with Crippen LogP contribution < -0.4 is 10.5 Å². The van der Waals surface area contributed by atoms with Gasteiger partial charge in [-0.15, -0.1) is 0 Å². The highest BCUT2D eigenvalue weighted by atomic mass is 19.1. The summed E-state index contributed by atoms with van der Waals surface area (Å²) in [6.07, 6.45) is 0.764. The number of rotatable bonds is 6. The predicted octanol–water partition coefficient (Wildman–Crippen LogP) is 3.55. The number of carbonyl (C=O) groups excluding carboxylic acids is 1. The van der Waals surface area contributed by atoms with Crippen LogP contribution in [0.2, 0.25) is 0 Å². The Morgan fingerprint density at radius 2 is 1.91 bits per heavy atom. The molecule has 0 aliphatic rings. The average molecular weight is 303 g/mol. The second-order valence-corrected chi connectivity index (χ2v) is 4.80. The third-order valence-corrected chi connectivity index (χ3v) is 2.99. The van der Waals surface area contributed by atoms with Gasteiger partial charge >= 0.3 is 5.97 Å². The third kappa shape index (κ3) is 4.22. The fraction of sp³-hybridized carbons (Fsp3) is 0.235. The van der Waals surface area contributed by atoms with Crippen LogP contribution >= 0.6 is 0 Å². The number of ether oxygens (including phenoxy) is 2. The summed E-state index contributed by atoms with van der Waals surface area (Å²) in [5.41, 5.74) is 7.45. The van der Waals surface area contributed by atoms with Crippen LogP contribution in [0.4, 0.5) is 10.1 Å². The second-order valence-electron chi connectivity index (χ2n) is 4.80. The van der Waals surface area contributed by atoms with Crippen LogP contribution in [-0.2, 0) is 11.3 Å². The number of anilines is 1. The van der Waals surface area contributed by atoms with Crippen molar-refractivity contribution in [3.63, 3.8) is 0 Å². The molecular formula is C17H18FNO3. The fourth-order valence-corrected chi connectivity index (χ4v) is 1.83. The summed E-state index contributed by atoms with van der Waals surface area (Å²) in [7, 11) is 0. The molecule has 0 heterocycles. The van der Waals surface area contributed by atoms with Gasteiger partial charge in [0.25, 0.3) is 0 Å². The number of nitrogen functional groups attached to an aromatic ring is 1. The molecule has 0 amide bonds. The Bertz CT molecular complexity index is 641. The summed E-state index contributed by atoms with van der Waals surface area (Å²) in [4.78, 5) is 11.7. The minimum Gasteiger partial charge on any atom is -0.487 e. The molecule has 0 aromatic heterocycles. The summed E-state index contributed by atoms with van der Waals surface area (Å²) in [5, 5.41) is 0. The van der Waals surface area contributed by atoms with Gasteiger partial charge in [-0.1, -0.05) is 19.1 Å². The first-order valence-electron chi connectivity index (χ1n) is 7.04. The molecule has 0 bridgehead atoms. The summed E-state index contributed by atoms with van der Waals surface area (Å²) in [5.74, 6) is -0.229. The van der Waals surface area contributed by atoms with Crippen molar-refractivity contribution in [3.05, 3.63) is 59.4 Å². The van der Waals surface area contributed by atoms with E-state index in [-0.39, 0.29) is 12.4 Å². The number of esters is 1. The molecule has 0 radical (unpaired) electrons. The van der Waals surface area contributed by atoms with Crippen LogP contribution in [0.3, 0.4) is 0 Å². The molecule has 0 fully saturated rings. The molecule has 2 N–H and O–H groups in total. The molecule has 2 aromatic rings. The zero-order valence-corrected chi connectivity index (χ0v) is 12.3. The molecule has 116 valence electrons. The van der Waals surface area contributed by atoms with Crippen LogP contribution in [0.25, 0.3) is 0 Å². The van der Waals surface area contributed by atoms with Gasteiger partial charge in [0.05, 0.1) is 17.9 Å². The van der Waals surface area contributed by atoms with Gasteiger partial charge in [-0.05, 0) is 42.3 Å². The SMILES string of the molecule is CCCOC(=O)c1ccc(OCc2ccc(F)cc2)c(N)c1. The maximum atomic E-state index is 12.8. The Balaban J connectivity index is 2.00. The van der Waals surface area contributed by atoms with E-state index in [0.29, 0.717) is 23.6 Å². The smallest absolute Gasteiger partial charge is 0.338 e. The van der Waals surface area contributed by atoms with E-state index in [4.69, 9.17) is 15.2 Å². The van der Waals surface area contributed by atoms with E-state index in [1.54, 1.807) is 24.3 Å². The zero-order valence-electron chi connectivity index (χ0n) is 12.3. The molecule has 0 unspecified atom stereocenters. The molecule has 0 saturated carbocycles. The first-order valence-corrected chi connectivity index (χ1v) is 7.04. The van der Waals surface area contributed by atoms with Gasteiger partial charge in [0.15, 0.2) is 0 Å². The Morgan fingerprint density at radius 3 is 2.55 bits per heavy atom. The van der Waals surface area contributed by atoms with Crippen molar-refractivity contribution in [1.29, 1.82) is 0 Å². The zero-order chi connectivity index (χ0) is 15.9. The lowest BCUT2D eigenvalue weighted by molar-refractivity contribution is 0.0505. The van der Waals surface area contributed by atoms with Gasteiger partial charge in [-0.2, -0.15) is 0 Å². The Labute approximate surface area is 128 Å². The number of halogens is 1. The largest absolute Gasteiger partial charge is 0.487 e. The van der Waals surface area contributed by atoms with Crippen LogP contribution in [-0.4, -0.2) is 12.6 Å². The Kier molecular flexibility index (Phi) is 5.36. The molecule has 22 heavy (non-hydrogen) atoms. The van der Waals surface area contributed by atoms with Gasteiger partial charge in [0, 0.05) is 0 Å². The Morgan fingerprint density at radius 1 is 1.18 bits per heavy atom. The lowest BCUT2D eigenvalue weighted by Crippen LogP contribution is -2.07. The molecule has 4 nitrogen and oxygen atoms in total. The summed E-state index contributed by atoms with van der Waals surface area (Å²) in [6.45, 7) is 2.57. The molecule has 2 aromatic carbocycles. The molecule has 0 saturated heterocycles. The van der Waals surface area contributed by atoms with Gasteiger partial charge in [-0.3, -0.25) is 0 Å². The van der Waals surface area contributed by atoms with Crippen molar-refractivity contribution >= 4 is 11.7 Å². The predicted molar refractivity (Wildman–Crippen MR) is 82.2 cm³/mol. The highest BCUT2D eigenvalue weighted by Gasteiger charge is 2.10. The second kappa shape index (κ2) is 7.45. The first-order chi connectivity index (χ1) is 10.6. The minimum absolute atomic E-state index is 0.268. The van der Waals surface area contributed by atoms with Crippen molar-refractivity contribution in [2.75, 3.05) is 12.3 Å². The lowest BCUT2D eigenvalue weighted by Gasteiger charge is -2.10. The number of hydrogen-bond donors (Lipinski definition) is 1. The average Bonchev–Trinajstić information content (AvgIpc) is 2.53. The highest BCUT2D eigenvalue weighted by Crippen LogP contribution is 2.24. The number of nitrogens with two attached hydrogens (primary N) is 1. The van der Waals surface area contributed by atoms with Gasteiger partial charge in [0.2, 0.25) is 0 Å².